The lowest BCUT2D eigenvalue weighted by atomic mass is 10.3. The summed E-state index contributed by atoms with van der Waals surface area (Å²) in [5, 5.41) is 4.72. The van der Waals surface area contributed by atoms with Crippen molar-refractivity contribution in [2.45, 2.75) is 26.6 Å². The number of aryl methyl sites for hydroxylation is 1. The summed E-state index contributed by atoms with van der Waals surface area (Å²) in [6, 6.07) is 10.6. The van der Waals surface area contributed by atoms with Crippen LogP contribution in [-0.2, 0) is 19.7 Å². The first-order valence-electron chi connectivity index (χ1n) is 8.83. The van der Waals surface area contributed by atoms with Gasteiger partial charge in [0.2, 0.25) is 0 Å². The number of furan rings is 1. The highest BCUT2D eigenvalue weighted by Crippen LogP contribution is 2.20. The number of amides is 1. The van der Waals surface area contributed by atoms with Crippen molar-refractivity contribution in [2.24, 2.45) is 0 Å². The lowest BCUT2D eigenvalue weighted by Crippen LogP contribution is -2.27. The third-order valence-corrected chi connectivity index (χ3v) is 4.56. The molecule has 1 amide bonds. The summed E-state index contributed by atoms with van der Waals surface area (Å²) >= 11 is 6.17. The van der Waals surface area contributed by atoms with Crippen molar-refractivity contribution in [3.63, 3.8) is 0 Å². The fourth-order valence-corrected chi connectivity index (χ4v) is 2.90. The predicted octanol–water partition coefficient (Wildman–Crippen LogP) is 4.01. The standard InChI is InChI=1S/C20H22ClN3O4/c1-4-24-18(17(21)11-22-24)12-23(2)20(25)19-10-9-16(28-19)13-27-15-7-5-14(26-3)6-8-15/h5-11H,4,12-13H2,1-3H3. The second kappa shape index (κ2) is 8.84. The highest BCUT2D eigenvalue weighted by atomic mass is 35.5. The van der Waals surface area contributed by atoms with Crippen molar-refractivity contribution in [3.8, 4) is 11.5 Å². The Kier molecular flexibility index (Phi) is 6.26. The molecule has 3 aromatic rings. The Morgan fingerprint density at radius 1 is 1.21 bits per heavy atom. The highest BCUT2D eigenvalue weighted by molar-refractivity contribution is 6.31. The largest absolute Gasteiger partial charge is 0.497 e. The van der Waals surface area contributed by atoms with Gasteiger partial charge in [0.15, 0.2) is 5.76 Å². The zero-order chi connectivity index (χ0) is 20.1. The van der Waals surface area contributed by atoms with E-state index in [2.05, 4.69) is 5.10 Å². The van der Waals surface area contributed by atoms with Crippen LogP contribution in [-0.4, -0.2) is 34.7 Å². The highest BCUT2D eigenvalue weighted by Gasteiger charge is 2.19. The van der Waals surface area contributed by atoms with E-state index in [1.54, 1.807) is 42.1 Å². The molecule has 0 spiro atoms. The van der Waals surface area contributed by atoms with Gasteiger partial charge in [-0.1, -0.05) is 11.6 Å². The van der Waals surface area contributed by atoms with E-state index in [4.69, 9.17) is 25.5 Å². The molecule has 28 heavy (non-hydrogen) atoms. The van der Waals surface area contributed by atoms with Gasteiger partial charge in [-0.05, 0) is 43.3 Å². The lowest BCUT2D eigenvalue weighted by molar-refractivity contribution is 0.0745. The average Bonchev–Trinajstić information content (AvgIpc) is 3.33. The van der Waals surface area contributed by atoms with Crippen LogP contribution in [0.3, 0.4) is 0 Å². The van der Waals surface area contributed by atoms with Gasteiger partial charge in [-0.2, -0.15) is 5.10 Å². The van der Waals surface area contributed by atoms with Gasteiger partial charge in [-0.25, -0.2) is 0 Å². The molecule has 0 unspecified atom stereocenters. The van der Waals surface area contributed by atoms with Crippen LogP contribution in [0.25, 0.3) is 0 Å². The van der Waals surface area contributed by atoms with E-state index in [0.29, 0.717) is 29.6 Å². The van der Waals surface area contributed by atoms with Crippen LogP contribution in [0.2, 0.25) is 5.02 Å². The molecule has 0 N–H and O–H groups in total. The summed E-state index contributed by atoms with van der Waals surface area (Å²) in [5.74, 6) is 2.00. The SMILES string of the molecule is CCn1ncc(Cl)c1CN(C)C(=O)c1ccc(COc2ccc(OC)cc2)o1. The van der Waals surface area contributed by atoms with Gasteiger partial charge in [0.1, 0.15) is 23.9 Å². The van der Waals surface area contributed by atoms with E-state index in [9.17, 15) is 4.79 Å². The second-order valence-electron chi connectivity index (χ2n) is 6.15. The summed E-state index contributed by atoms with van der Waals surface area (Å²) < 4.78 is 18.2. The molecule has 0 radical (unpaired) electrons. The Hall–Kier alpha value is -2.93. The molecule has 0 aliphatic rings. The molecule has 0 saturated heterocycles. The molecule has 3 rings (SSSR count). The molecule has 0 aliphatic heterocycles. The average molecular weight is 404 g/mol. The molecule has 0 bridgehead atoms. The molecular weight excluding hydrogens is 382 g/mol. The number of benzene rings is 1. The van der Waals surface area contributed by atoms with Gasteiger partial charge >= 0.3 is 0 Å². The van der Waals surface area contributed by atoms with E-state index in [1.165, 1.54) is 0 Å². The number of carbonyl (C=O) groups excluding carboxylic acids is 1. The molecule has 148 valence electrons. The Morgan fingerprint density at radius 2 is 1.93 bits per heavy atom. The van der Waals surface area contributed by atoms with Gasteiger partial charge in [-0.15, -0.1) is 0 Å². The number of carbonyl (C=O) groups is 1. The first-order chi connectivity index (χ1) is 13.5. The Balaban J connectivity index is 1.60. The number of hydrogen-bond acceptors (Lipinski definition) is 5. The molecule has 7 nitrogen and oxygen atoms in total. The minimum Gasteiger partial charge on any atom is -0.497 e. The Bertz CT molecular complexity index is 933. The molecule has 0 saturated carbocycles. The fourth-order valence-electron chi connectivity index (χ4n) is 2.70. The maximum atomic E-state index is 12.6. The third kappa shape index (κ3) is 4.48. The van der Waals surface area contributed by atoms with Gasteiger partial charge < -0.3 is 18.8 Å². The van der Waals surface area contributed by atoms with Crippen LogP contribution in [0.4, 0.5) is 0 Å². The molecule has 8 heteroatoms. The first kappa shape index (κ1) is 19.8. The second-order valence-corrected chi connectivity index (χ2v) is 6.55. The van der Waals surface area contributed by atoms with Gasteiger partial charge in [0.25, 0.3) is 5.91 Å². The summed E-state index contributed by atoms with van der Waals surface area (Å²) in [6.45, 7) is 3.20. The van der Waals surface area contributed by atoms with E-state index >= 15 is 0 Å². The van der Waals surface area contributed by atoms with Crippen molar-refractivity contribution >= 4 is 17.5 Å². The quantitative estimate of drug-likeness (QED) is 0.568. The number of ether oxygens (including phenoxy) is 2. The maximum Gasteiger partial charge on any atom is 0.289 e. The number of nitrogens with zero attached hydrogens (tertiary/aromatic N) is 3. The molecule has 1 aromatic carbocycles. The summed E-state index contributed by atoms with van der Waals surface area (Å²) in [4.78, 5) is 14.2. The van der Waals surface area contributed by atoms with Crippen molar-refractivity contribution in [1.82, 2.24) is 14.7 Å². The van der Waals surface area contributed by atoms with E-state index in [-0.39, 0.29) is 18.3 Å². The van der Waals surface area contributed by atoms with Gasteiger partial charge in [0.05, 0.1) is 30.6 Å². The minimum atomic E-state index is -0.240. The summed E-state index contributed by atoms with van der Waals surface area (Å²) in [5.41, 5.74) is 0.787. The third-order valence-electron chi connectivity index (χ3n) is 4.24. The summed E-state index contributed by atoms with van der Waals surface area (Å²) in [7, 11) is 3.31. The molecule has 0 aliphatic carbocycles. The monoisotopic (exact) mass is 403 g/mol. The zero-order valence-corrected chi connectivity index (χ0v) is 16.8. The van der Waals surface area contributed by atoms with Crippen molar-refractivity contribution < 1.29 is 18.7 Å². The minimum absolute atomic E-state index is 0.220. The lowest BCUT2D eigenvalue weighted by Gasteiger charge is -2.16. The Morgan fingerprint density at radius 3 is 2.61 bits per heavy atom. The fraction of sp³-hybridized carbons (Fsp3) is 0.300. The smallest absolute Gasteiger partial charge is 0.289 e. The van der Waals surface area contributed by atoms with E-state index in [0.717, 1.165) is 11.4 Å². The Labute approximate surface area is 168 Å². The van der Waals surface area contributed by atoms with Crippen LogP contribution in [0.15, 0.2) is 47.0 Å². The molecule has 2 aromatic heterocycles. The predicted molar refractivity (Wildman–Crippen MR) is 105 cm³/mol. The summed E-state index contributed by atoms with van der Waals surface area (Å²) in [6.07, 6.45) is 1.58. The van der Waals surface area contributed by atoms with E-state index in [1.807, 2.05) is 31.2 Å². The van der Waals surface area contributed by atoms with Gasteiger partial charge in [-0.3, -0.25) is 9.48 Å². The molecule has 2 heterocycles. The van der Waals surface area contributed by atoms with Crippen LogP contribution in [0.1, 0.15) is 28.9 Å². The molecular formula is C20H22ClN3O4. The number of rotatable bonds is 8. The van der Waals surface area contributed by atoms with Crippen LogP contribution in [0.5, 0.6) is 11.5 Å². The van der Waals surface area contributed by atoms with E-state index < -0.39 is 0 Å². The van der Waals surface area contributed by atoms with Crippen LogP contribution < -0.4 is 9.47 Å². The van der Waals surface area contributed by atoms with Gasteiger partial charge in [0, 0.05) is 13.6 Å². The molecule has 0 fully saturated rings. The number of halogens is 1. The number of aromatic nitrogens is 2. The number of methoxy groups -OCH3 is 1. The van der Waals surface area contributed by atoms with Crippen molar-refractivity contribution in [2.75, 3.05) is 14.2 Å². The van der Waals surface area contributed by atoms with Crippen molar-refractivity contribution in [3.05, 3.63) is 64.8 Å². The maximum absolute atomic E-state index is 12.6. The topological polar surface area (TPSA) is 69.7 Å². The zero-order valence-electron chi connectivity index (χ0n) is 16.0. The number of hydrogen-bond donors (Lipinski definition) is 0. The van der Waals surface area contributed by atoms with Crippen LogP contribution in [0, 0.1) is 0 Å². The normalized spacial score (nSPS) is 10.7. The van der Waals surface area contributed by atoms with Crippen LogP contribution >= 0.6 is 11.6 Å². The first-order valence-corrected chi connectivity index (χ1v) is 9.20. The molecule has 0 atom stereocenters. The van der Waals surface area contributed by atoms with Crippen molar-refractivity contribution in [1.29, 1.82) is 0 Å².